The summed E-state index contributed by atoms with van der Waals surface area (Å²) in [4.78, 5) is 10.9. The Balaban J connectivity index is 3.08. The van der Waals surface area contributed by atoms with Crippen LogP contribution < -0.4 is 4.74 Å². The van der Waals surface area contributed by atoms with E-state index in [0.29, 0.717) is 5.92 Å². The second kappa shape index (κ2) is 5.55. The number of ether oxygens (including phenoxy) is 1. The van der Waals surface area contributed by atoms with E-state index in [9.17, 15) is 4.79 Å². The number of carbonyl (C=O) groups excluding carboxylic acids is 1. The lowest BCUT2D eigenvalue weighted by atomic mass is 9.80. The number of benzene rings is 1. The highest BCUT2D eigenvalue weighted by Crippen LogP contribution is 2.33. The molecular weight excluding hydrogens is 224 g/mol. The molecule has 18 heavy (non-hydrogen) atoms. The summed E-state index contributed by atoms with van der Waals surface area (Å²) >= 11 is 0. The van der Waals surface area contributed by atoms with Crippen LogP contribution in [-0.4, -0.2) is 12.4 Å². The van der Waals surface area contributed by atoms with E-state index in [2.05, 4.69) is 46.8 Å². The van der Waals surface area contributed by atoms with Gasteiger partial charge in [-0.15, -0.1) is 0 Å². The van der Waals surface area contributed by atoms with Gasteiger partial charge in [0.1, 0.15) is 12.4 Å². The Kier molecular flexibility index (Phi) is 4.55. The number of ketones is 1. The molecule has 0 unspecified atom stereocenters. The summed E-state index contributed by atoms with van der Waals surface area (Å²) in [5, 5.41) is 0. The number of carbonyl (C=O) groups is 1. The first-order valence-corrected chi connectivity index (χ1v) is 6.48. The Labute approximate surface area is 110 Å². The lowest BCUT2D eigenvalue weighted by Crippen LogP contribution is -2.15. The smallest absolute Gasteiger partial charge is 0.167 e. The lowest BCUT2D eigenvalue weighted by molar-refractivity contribution is -0.118. The van der Waals surface area contributed by atoms with Crippen LogP contribution in [0.1, 0.15) is 58.6 Å². The molecule has 0 amide bonds. The van der Waals surface area contributed by atoms with Gasteiger partial charge in [-0.05, 0) is 41.5 Å². The molecule has 0 bridgehead atoms. The van der Waals surface area contributed by atoms with E-state index in [4.69, 9.17) is 4.74 Å². The molecule has 0 heterocycles. The third-order valence-corrected chi connectivity index (χ3v) is 2.90. The van der Waals surface area contributed by atoms with Crippen molar-refractivity contribution in [3.05, 3.63) is 29.3 Å². The van der Waals surface area contributed by atoms with Crippen molar-refractivity contribution in [3.8, 4) is 5.75 Å². The van der Waals surface area contributed by atoms with Gasteiger partial charge in [-0.25, -0.2) is 0 Å². The first kappa shape index (κ1) is 14.7. The average Bonchev–Trinajstić information content (AvgIpc) is 2.24. The summed E-state index contributed by atoms with van der Waals surface area (Å²) in [5.74, 6) is 1.27. The van der Waals surface area contributed by atoms with Gasteiger partial charge in [0.25, 0.3) is 0 Å². The van der Waals surface area contributed by atoms with E-state index in [1.54, 1.807) is 0 Å². The Morgan fingerprint density at radius 3 is 2.33 bits per heavy atom. The fraction of sp³-hybridized carbons (Fsp3) is 0.562. The minimum atomic E-state index is 0.0426. The molecule has 1 aromatic rings. The molecule has 0 aliphatic heterocycles. The third-order valence-electron chi connectivity index (χ3n) is 2.90. The standard InChI is InChI=1S/C16H24O2/c1-11(2)14-9-13(18-10-12(3)17)7-8-15(14)16(4,5)6/h7-9,11H,10H2,1-6H3. The van der Waals surface area contributed by atoms with Crippen LogP contribution in [0, 0.1) is 0 Å². The second-order valence-corrected chi connectivity index (χ2v) is 6.14. The van der Waals surface area contributed by atoms with E-state index in [0.717, 1.165) is 5.75 Å². The van der Waals surface area contributed by atoms with Crippen molar-refractivity contribution in [3.63, 3.8) is 0 Å². The minimum absolute atomic E-state index is 0.0426. The molecule has 0 aliphatic rings. The summed E-state index contributed by atoms with van der Waals surface area (Å²) in [5.41, 5.74) is 2.76. The average molecular weight is 248 g/mol. The Morgan fingerprint density at radius 2 is 1.89 bits per heavy atom. The molecule has 100 valence electrons. The maximum absolute atomic E-state index is 10.9. The normalized spacial score (nSPS) is 11.7. The van der Waals surface area contributed by atoms with Crippen molar-refractivity contribution < 1.29 is 9.53 Å². The quantitative estimate of drug-likeness (QED) is 0.802. The Bertz CT molecular complexity index is 425. The van der Waals surface area contributed by atoms with Crippen molar-refractivity contribution in [1.82, 2.24) is 0 Å². The molecule has 0 aromatic heterocycles. The van der Waals surface area contributed by atoms with E-state index in [-0.39, 0.29) is 17.8 Å². The van der Waals surface area contributed by atoms with Crippen LogP contribution in [0.2, 0.25) is 0 Å². The highest BCUT2D eigenvalue weighted by molar-refractivity contribution is 5.77. The summed E-state index contributed by atoms with van der Waals surface area (Å²) < 4.78 is 5.48. The fourth-order valence-electron chi connectivity index (χ4n) is 1.98. The third kappa shape index (κ3) is 3.86. The topological polar surface area (TPSA) is 26.3 Å². The molecule has 0 spiro atoms. The van der Waals surface area contributed by atoms with Crippen molar-refractivity contribution in [2.24, 2.45) is 0 Å². The van der Waals surface area contributed by atoms with Crippen LogP contribution in [-0.2, 0) is 10.2 Å². The second-order valence-electron chi connectivity index (χ2n) is 6.14. The van der Waals surface area contributed by atoms with Crippen LogP contribution in [0.15, 0.2) is 18.2 Å². The highest BCUT2D eigenvalue weighted by atomic mass is 16.5. The van der Waals surface area contributed by atoms with Gasteiger partial charge in [-0.3, -0.25) is 4.79 Å². The monoisotopic (exact) mass is 248 g/mol. The van der Waals surface area contributed by atoms with Gasteiger partial charge in [0.05, 0.1) is 0 Å². The van der Waals surface area contributed by atoms with E-state index >= 15 is 0 Å². The molecule has 0 aliphatic carbocycles. The number of hydrogen-bond acceptors (Lipinski definition) is 2. The van der Waals surface area contributed by atoms with Gasteiger partial charge in [0, 0.05) is 0 Å². The van der Waals surface area contributed by atoms with Crippen molar-refractivity contribution >= 4 is 5.78 Å². The summed E-state index contributed by atoms with van der Waals surface area (Å²) in [6, 6.07) is 6.13. The molecule has 2 nitrogen and oxygen atoms in total. The number of Topliss-reactive ketones (excluding diaryl/α,β-unsaturated/α-hetero) is 1. The molecular formula is C16H24O2. The predicted octanol–water partition coefficient (Wildman–Crippen LogP) is 4.08. The Hall–Kier alpha value is -1.31. The van der Waals surface area contributed by atoms with E-state index < -0.39 is 0 Å². The largest absolute Gasteiger partial charge is 0.486 e. The van der Waals surface area contributed by atoms with E-state index in [1.165, 1.54) is 18.1 Å². The van der Waals surface area contributed by atoms with Crippen LogP contribution >= 0.6 is 0 Å². The zero-order chi connectivity index (χ0) is 13.9. The molecule has 0 saturated heterocycles. The van der Waals surface area contributed by atoms with Gasteiger partial charge >= 0.3 is 0 Å². The summed E-state index contributed by atoms with van der Waals surface area (Å²) in [7, 11) is 0. The maximum Gasteiger partial charge on any atom is 0.167 e. The minimum Gasteiger partial charge on any atom is -0.486 e. The Morgan fingerprint density at radius 1 is 1.28 bits per heavy atom. The van der Waals surface area contributed by atoms with Crippen LogP contribution in [0.5, 0.6) is 5.75 Å². The van der Waals surface area contributed by atoms with Crippen molar-refractivity contribution in [2.75, 3.05) is 6.61 Å². The predicted molar refractivity (Wildman–Crippen MR) is 75.4 cm³/mol. The fourth-order valence-corrected chi connectivity index (χ4v) is 1.98. The SMILES string of the molecule is CC(=O)COc1ccc(C(C)(C)C)c(C(C)C)c1. The molecule has 1 aromatic carbocycles. The van der Waals surface area contributed by atoms with Gasteiger partial charge in [-0.2, -0.15) is 0 Å². The van der Waals surface area contributed by atoms with Gasteiger partial charge < -0.3 is 4.74 Å². The first-order valence-electron chi connectivity index (χ1n) is 6.48. The molecule has 1 rings (SSSR count). The zero-order valence-electron chi connectivity index (χ0n) is 12.3. The van der Waals surface area contributed by atoms with Gasteiger partial charge in [-0.1, -0.05) is 40.7 Å². The van der Waals surface area contributed by atoms with Crippen LogP contribution in [0.3, 0.4) is 0 Å². The van der Waals surface area contributed by atoms with Gasteiger partial charge in [0.15, 0.2) is 5.78 Å². The van der Waals surface area contributed by atoms with E-state index in [1.807, 2.05) is 6.07 Å². The van der Waals surface area contributed by atoms with Crippen molar-refractivity contribution in [1.29, 1.82) is 0 Å². The summed E-state index contributed by atoms with van der Waals surface area (Å²) in [6.45, 7) is 12.7. The molecule has 0 N–H and O–H groups in total. The first-order chi connectivity index (χ1) is 8.21. The van der Waals surface area contributed by atoms with Crippen LogP contribution in [0.4, 0.5) is 0 Å². The number of hydrogen-bond donors (Lipinski definition) is 0. The molecule has 0 atom stereocenters. The highest BCUT2D eigenvalue weighted by Gasteiger charge is 2.19. The molecule has 2 heteroatoms. The van der Waals surface area contributed by atoms with Crippen LogP contribution in [0.25, 0.3) is 0 Å². The van der Waals surface area contributed by atoms with Gasteiger partial charge in [0.2, 0.25) is 0 Å². The zero-order valence-corrected chi connectivity index (χ0v) is 12.3. The molecule has 0 radical (unpaired) electrons. The lowest BCUT2D eigenvalue weighted by Gasteiger charge is -2.25. The maximum atomic E-state index is 10.9. The van der Waals surface area contributed by atoms with Crippen molar-refractivity contribution in [2.45, 2.75) is 52.9 Å². The molecule has 0 fully saturated rings. The number of rotatable bonds is 4. The molecule has 0 saturated carbocycles. The summed E-state index contributed by atoms with van der Waals surface area (Å²) in [6.07, 6.45) is 0.